The highest BCUT2D eigenvalue weighted by molar-refractivity contribution is 4.56. The van der Waals surface area contributed by atoms with Gasteiger partial charge in [0.2, 0.25) is 0 Å². The van der Waals surface area contributed by atoms with Gasteiger partial charge in [0.15, 0.2) is 0 Å². The third kappa shape index (κ3) is 3.11. The van der Waals surface area contributed by atoms with Crippen molar-refractivity contribution in [2.75, 3.05) is 39.8 Å². The number of nitrogens with one attached hydrogen (secondary N) is 1. The van der Waals surface area contributed by atoms with Gasteiger partial charge in [-0.05, 0) is 12.3 Å². The largest absolute Gasteiger partial charge is 0.324 e. The lowest BCUT2D eigenvalue weighted by Gasteiger charge is -2.38. The lowest BCUT2D eigenvalue weighted by molar-refractivity contribution is -0.911. The summed E-state index contributed by atoms with van der Waals surface area (Å²) in [5.74, 6) is 0.856. The molecule has 1 rings (SSSR count). The maximum absolute atomic E-state index is 3.41. The van der Waals surface area contributed by atoms with Crippen molar-refractivity contribution in [1.82, 2.24) is 5.32 Å². The third-order valence-corrected chi connectivity index (χ3v) is 2.90. The van der Waals surface area contributed by atoms with E-state index in [0.29, 0.717) is 0 Å². The number of hydrogen-bond donors (Lipinski definition) is 1. The normalized spacial score (nSPS) is 23.0. The molecule has 0 amide bonds. The zero-order valence-electron chi connectivity index (χ0n) is 8.77. The van der Waals surface area contributed by atoms with Gasteiger partial charge >= 0.3 is 0 Å². The molecular weight excluding hydrogens is 148 g/mol. The topological polar surface area (TPSA) is 12.0 Å². The first kappa shape index (κ1) is 10.0. The molecule has 0 spiro atoms. The average molecular weight is 171 g/mol. The quantitative estimate of drug-likeness (QED) is 0.627. The fourth-order valence-corrected chi connectivity index (χ4v) is 1.73. The second-order valence-electron chi connectivity index (χ2n) is 4.72. The van der Waals surface area contributed by atoms with E-state index in [1.165, 1.54) is 43.6 Å². The van der Waals surface area contributed by atoms with Crippen molar-refractivity contribution in [3.63, 3.8) is 0 Å². The van der Waals surface area contributed by atoms with Crippen molar-refractivity contribution >= 4 is 0 Å². The smallest absolute Gasteiger partial charge is 0.0911 e. The molecule has 0 atom stereocenters. The summed E-state index contributed by atoms with van der Waals surface area (Å²) in [5, 5.41) is 3.41. The van der Waals surface area contributed by atoms with Crippen molar-refractivity contribution in [3.8, 4) is 0 Å². The van der Waals surface area contributed by atoms with Crippen LogP contribution in [0.15, 0.2) is 0 Å². The van der Waals surface area contributed by atoms with Crippen molar-refractivity contribution in [1.29, 1.82) is 0 Å². The van der Waals surface area contributed by atoms with Gasteiger partial charge in [0.25, 0.3) is 0 Å². The van der Waals surface area contributed by atoms with E-state index in [4.69, 9.17) is 0 Å². The molecule has 0 aliphatic carbocycles. The summed E-state index contributed by atoms with van der Waals surface area (Å²) in [7, 11) is 2.39. The molecule has 2 heteroatoms. The van der Waals surface area contributed by atoms with Crippen LogP contribution in [0.2, 0.25) is 0 Å². The van der Waals surface area contributed by atoms with Gasteiger partial charge in [0.05, 0.1) is 26.7 Å². The molecular formula is C10H23N2+. The molecule has 0 aromatic heterocycles. The molecule has 1 aliphatic heterocycles. The van der Waals surface area contributed by atoms with Crippen LogP contribution in [0.25, 0.3) is 0 Å². The Hall–Kier alpha value is -0.0800. The van der Waals surface area contributed by atoms with E-state index >= 15 is 0 Å². The average Bonchev–Trinajstić information content (AvgIpc) is 2.03. The van der Waals surface area contributed by atoms with Gasteiger partial charge < -0.3 is 9.80 Å². The van der Waals surface area contributed by atoms with Crippen LogP contribution in [0.4, 0.5) is 0 Å². The minimum atomic E-state index is 0.856. The van der Waals surface area contributed by atoms with E-state index in [1.807, 2.05) is 0 Å². The monoisotopic (exact) mass is 171 g/mol. The number of nitrogens with zero attached hydrogens (tertiary/aromatic N) is 1. The van der Waals surface area contributed by atoms with E-state index in [-0.39, 0.29) is 0 Å². The number of rotatable bonds is 3. The van der Waals surface area contributed by atoms with E-state index in [2.05, 4.69) is 26.2 Å². The Balaban J connectivity index is 2.26. The number of likely N-dealkylation sites (N-methyl/N-ethyl adjacent to an activating group) is 1. The zero-order valence-corrected chi connectivity index (χ0v) is 8.77. The third-order valence-electron chi connectivity index (χ3n) is 2.90. The van der Waals surface area contributed by atoms with Gasteiger partial charge in [-0.25, -0.2) is 0 Å². The molecule has 72 valence electrons. The molecule has 0 bridgehead atoms. The van der Waals surface area contributed by atoms with Gasteiger partial charge in [-0.15, -0.1) is 0 Å². The first-order valence-electron chi connectivity index (χ1n) is 5.17. The van der Waals surface area contributed by atoms with E-state index in [9.17, 15) is 0 Å². The first-order chi connectivity index (χ1) is 5.62. The van der Waals surface area contributed by atoms with E-state index in [1.54, 1.807) is 0 Å². The molecule has 0 aromatic carbocycles. The molecule has 2 nitrogen and oxygen atoms in total. The summed E-state index contributed by atoms with van der Waals surface area (Å²) in [4.78, 5) is 0. The summed E-state index contributed by atoms with van der Waals surface area (Å²) < 4.78 is 1.28. The second kappa shape index (κ2) is 4.24. The molecule has 1 heterocycles. The fourth-order valence-electron chi connectivity index (χ4n) is 1.73. The molecule has 0 radical (unpaired) electrons. The van der Waals surface area contributed by atoms with Crippen LogP contribution in [-0.2, 0) is 0 Å². The van der Waals surface area contributed by atoms with Gasteiger partial charge in [-0.3, -0.25) is 0 Å². The van der Waals surface area contributed by atoms with Crippen LogP contribution in [-0.4, -0.2) is 44.3 Å². The maximum Gasteiger partial charge on any atom is 0.0911 e. The van der Waals surface area contributed by atoms with Crippen LogP contribution >= 0.6 is 0 Å². The van der Waals surface area contributed by atoms with Crippen LogP contribution in [0, 0.1) is 5.92 Å². The molecule has 1 aliphatic rings. The lowest BCUT2D eigenvalue weighted by Crippen LogP contribution is -2.56. The van der Waals surface area contributed by atoms with Gasteiger partial charge in [-0.1, -0.05) is 13.8 Å². The highest BCUT2D eigenvalue weighted by Crippen LogP contribution is 2.09. The minimum Gasteiger partial charge on any atom is -0.324 e. The van der Waals surface area contributed by atoms with Crippen molar-refractivity contribution in [2.45, 2.75) is 20.3 Å². The summed E-state index contributed by atoms with van der Waals surface area (Å²) in [6.45, 7) is 11.0. The Morgan fingerprint density at radius 3 is 2.33 bits per heavy atom. The fraction of sp³-hybridized carbons (Fsp3) is 1.00. The molecule has 12 heavy (non-hydrogen) atoms. The Bertz CT molecular complexity index is 126. The SMILES string of the molecule is CC(C)CC[N+]1(C)CCNCC1. The molecule has 0 saturated carbocycles. The van der Waals surface area contributed by atoms with Crippen molar-refractivity contribution in [2.24, 2.45) is 5.92 Å². The first-order valence-corrected chi connectivity index (χ1v) is 5.17. The minimum absolute atomic E-state index is 0.856. The predicted molar refractivity (Wildman–Crippen MR) is 53.1 cm³/mol. The molecule has 1 N–H and O–H groups in total. The van der Waals surface area contributed by atoms with E-state index in [0.717, 1.165) is 5.92 Å². The van der Waals surface area contributed by atoms with Crippen molar-refractivity contribution in [3.05, 3.63) is 0 Å². The maximum atomic E-state index is 3.41. The van der Waals surface area contributed by atoms with Crippen molar-refractivity contribution < 1.29 is 4.48 Å². The molecule has 0 unspecified atom stereocenters. The number of quaternary nitrogens is 1. The summed E-state index contributed by atoms with van der Waals surface area (Å²) in [6, 6.07) is 0. The van der Waals surface area contributed by atoms with Gasteiger partial charge in [0.1, 0.15) is 0 Å². The standard InChI is InChI=1S/C10H23N2/c1-10(2)4-7-12(3)8-5-11-6-9-12/h10-11H,4-9H2,1-3H3/q+1. The van der Waals surface area contributed by atoms with Gasteiger partial charge in [-0.2, -0.15) is 0 Å². The second-order valence-corrected chi connectivity index (χ2v) is 4.72. The Kier molecular flexibility index (Phi) is 3.53. The number of piperazine rings is 1. The molecule has 1 fully saturated rings. The Labute approximate surface area is 76.5 Å². The van der Waals surface area contributed by atoms with Crippen LogP contribution in [0.1, 0.15) is 20.3 Å². The van der Waals surface area contributed by atoms with Gasteiger partial charge in [0, 0.05) is 13.1 Å². The van der Waals surface area contributed by atoms with E-state index < -0.39 is 0 Å². The summed E-state index contributed by atoms with van der Waals surface area (Å²) in [5.41, 5.74) is 0. The molecule has 0 aromatic rings. The predicted octanol–water partition coefficient (Wildman–Crippen LogP) is 1.08. The Morgan fingerprint density at radius 2 is 1.83 bits per heavy atom. The van der Waals surface area contributed by atoms with Crippen LogP contribution in [0.3, 0.4) is 0 Å². The number of hydrogen-bond acceptors (Lipinski definition) is 1. The van der Waals surface area contributed by atoms with Crippen LogP contribution in [0.5, 0.6) is 0 Å². The summed E-state index contributed by atoms with van der Waals surface area (Å²) >= 11 is 0. The Morgan fingerprint density at radius 1 is 1.25 bits per heavy atom. The highest BCUT2D eigenvalue weighted by atomic mass is 15.4. The highest BCUT2D eigenvalue weighted by Gasteiger charge is 2.23. The van der Waals surface area contributed by atoms with Crippen LogP contribution < -0.4 is 5.32 Å². The molecule has 1 saturated heterocycles. The lowest BCUT2D eigenvalue weighted by atomic mass is 10.1. The summed E-state index contributed by atoms with van der Waals surface area (Å²) in [6.07, 6.45) is 1.37. The zero-order chi connectivity index (χ0) is 9.03.